The largest absolute Gasteiger partial charge is 0.480 e. The summed E-state index contributed by atoms with van der Waals surface area (Å²) in [6, 6.07) is 11.4. The molecule has 0 saturated heterocycles. The first-order valence-corrected chi connectivity index (χ1v) is 8.50. The molecule has 0 spiro atoms. The van der Waals surface area contributed by atoms with Crippen molar-refractivity contribution in [3.8, 4) is 0 Å². The number of nitrogens with zero attached hydrogens (tertiary/aromatic N) is 2. The highest BCUT2D eigenvalue weighted by Gasteiger charge is 2.42. The molecule has 2 amide bonds. The van der Waals surface area contributed by atoms with Crippen LogP contribution in [-0.4, -0.2) is 32.1 Å². The van der Waals surface area contributed by atoms with E-state index in [0.717, 1.165) is 10.5 Å². The molecule has 1 heterocycles. The van der Waals surface area contributed by atoms with Gasteiger partial charge in [-0.3, -0.25) is 9.69 Å². The van der Waals surface area contributed by atoms with E-state index in [4.69, 9.17) is 5.11 Å². The monoisotopic (exact) mass is 346 g/mol. The molecule has 7 nitrogen and oxygen atoms in total. The Morgan fingerprint density at radius 3 is 2.50 bits per heavy atom. The zero-order chi connectivity index (χ0) is 17.5. The average Bonchev–Trinajstić information content (AvgIpc) is 2.51. The Kier molecular flexibility index (Phi) is 3.76. The second-order valence-electron chi connectivity index (χ2n) is 5.34. The second kappa shape index (κ2) is 5.64. The number of benzene rings is 2. The third-order valence-corrected chi connectivity index (χ3v) is 5.36. The number of para-hydroxylation sites is 1. The maximum Gasteiger partial charge on any atom is 0.343 e. The summed E-state index contributed by atoms with van der Waals surface area (Å²) in [7, 11) is -4.12. The van der Waals surface area contributed by atoms with Gasteiger partial charge in [0.1, 0.15) is 11.4 Å². The van der Waals surface area contributed by atoms with E-state index in [0.29, 0.717) is 4.31 Å². The number of hydrogen-bond acceptors (Lipinski definition) is 4. The summed E-state index contributed by atoms with van der Waals surface area (Å²) in [5, 5.41) is 9.08. The van der Waals surface area contributed by atoms with Crippen LogP contribution in [0.1, 0.15) is 5.56 Å². The first-order chi connectivity index (χ1) is 11.3. The highest BCUT2D eigenvalue weighted by molar-refractivity contribution is 7.94. The molecule has 0 saturated carbocycles. The van der Waals surface area contributed by atoms with Crippen molar-refractivity contribution in [1.82, 2.24) is 0 Å². The van der Waals surface area contributed by atoms with Crippen molar-refractivity contribution in [3.05, 3.63) is 54.1 Å². The van der Waals surface area contributed by atoms with Crippen LogP contribution in [0.25, 0.3) is 0 Å². The van der Waals surface area contributed by atoms with Gasteiger partial charge in [-0.2, -0.15) is 4.31 Å². The fourth-order valence-electron chi connectivity index (χ4n) is 2.60. The van der Waals surface area contributed by atoms with Crippen LogP contribution in [-0.2, 0) is 14.8 Å². The van der Waals surface area contributed by atoms with Crippen molar-refractivity contribution in [2.45, 2.75) is 11.8 Å². The smallest absolute Gasteiger partial charge is 0.343 e. The molecule has 0 atom stereocenters. The standard InChI is InChI=1S/C16H14N2O5S/c1-11-5-4-6-12(9-11)18-16(21)17(10-15(19)20)13-7-2-3-8-14(13)24(18,22)23/h2-9H,10H2,1H3,(H,19,20). The van der Waals surface area contributed by atoms with Crippen molar-refractivity contribution in [1.29, 1.82) is 0 Å². The van der Waals surface area contributed by atoms with Crippen molar-refractivity contribution >= 4 is 33.4 Å². The van der Waals surface area contributed by atoms with E-state index < -0.39 is 28.6 Å². The van der Waals surface area contributed by atoms with E-state index in [-0.39, 0.29) is 16.3 Å². The van der Waals surface area contributed by atoms with E-state index >= 15 is 0 Å². The topological polar surface area (TPSA) is 95.0 Å². The molecule has 0 aliphatic carbocycles. The minimum Gasteiger partial charge on any atom is -0.480 e. The van der Waals surface area contributed by atoms with Gasteiger partial charge in [0.2, 0.25) is 0 Å². The summed E-state index contributed by atoms with van der Waals surface area (Å²) in [6.45, 7) is 1.14. The van der Waals surface area contributed by atoms with Crippen molar-refractivity contribution in [3.63, 3.8) is 0 Å². The predicted octanol–water partition coefficient (Wildman–Crippen LogP) is 2.21. The Morgan fingerprint density at radius 2 is 1.83 bits per heavy atom. The number of urea groups is 1. The number of rotatable bonds is 3. The van der Waals surface area contributed by atoms with Crippen LogP contribution in [0, 0.1) is 6.92 Å². The minimum absolute atomic E-state index is 0.0637. The third kappa shape index (κ3) is 2.50. The third-order valence-electron chi connectivity index (χ3n) is 3.61. The van der Waals surface area contributed by atoms with Gasteiger partial charge in [0.25, 0.3) is 10.0 Å². The van der Waals surface area contributed by atoms with Crippen LogP contribution in [0.15, 0.2) is 53.4 Å². The molecular formula is C16H14N2O5S. The number of aryl methyl sites for hydroxylation is 1. The lowest BCUT2D eigenvalue weighted by molar-refractivity contribution is -0.135. The van der Waals surface area contributed by atoms with Gasteiger partial charge in [0, 0.05) is 0 Å². The van der Waals surface area contributed by atoms with E-state index in [1.807, 2.05) is 0 Å². The van der Waals surface area contributed by atoms with Crippen molar-refractivity contribution < 1.29 is 23.1 Å². The Bertz CT molecular complexity index is 939. The van der Waals surface area contributed by atoms with Crippen LogP contribution < -0.4 is 9.21 Å². The van der Waals surface area contributed by atoms with Crippen LogP contribution in [0.5, 0.6) is 0 Å². The van der Waals surface area contributed by atoms with Gasteiger partial charge in [-0.25, -0.2) is 13.2 Å². The fourth-order valence-corrected chi connectivity index (χ4v) is 4.19. The molecule has 0 fully saturated rings. The lowest BCUT2D eigenvalue weighted by Crippen LogP contribution is -2.52. The molecule has 0 radical (unpaired) electrons. The van der Waals surface area contributed by atoms with Gasteiger partial charge in [0.05, 0.1) is 11.4 Å². The zero-order valence-electron chi connectivity index (χ0n) is 12.7. The zero-order valence-corrected chi connectivity index (χ0v) is 13.5. The Morgan fingerprint density at radius 1 is 1.12 bits per heavy atom. The molecule has 2 aromatic rings. The molecule has 8 heteroatoms. The molecule has 0 bridgehead atoms. The lowest BCUT2D eigenvalue weighted by Gasteiger charge is -2.35. The molecule has 1 aliphatic heterocycles. The van der Waals surface area contributed by atoms with E-state index in [1.165, 1.54) is 24.3 Å². The highest BCUT2D eigenvalue weighted by atomic mass is 32.2. The molecule has 124 valence electrons. The van der Waals surface area contributed by atoms with E-state index in [2.05, 4.69) is 0 Å². The summed E-state index contributed by atoms with van der Waals surface area (Å²) in [6.07, 6.45) is 0. The van der Waals surface area contributed by atoms with Gasteiger partial charge in [-0.1, -0.05) is 24.3 Å². The van der Waals surface area contributed by atoms with Crippen LogP contribution >= 0.6 is 0 Å². The Hall–Kier alpha value is -2.87. The number of hydrogen-bond donors (Lipinski definition) is 1. The fraction of sp³-hybridized carbons (Fsp3) is 0.125. The number of carbonyl (C=O) groups is 2. The molecule has 1 N–H and O–H groups in total. The number of carboxylic acids is 1. The highest BCUT2D eigenvalue weighted by Crippen LogP contribution is 2.37. The van der Waals surface area contributed by atoms with E-state index in [1.54, 1.807) is 31.2 Å². The number of fused-ring (bicyclic) bond motifs is 1. The summed E-state index contributed by atoms with van der Waals surface area (Å²) in [5.41, 5.74) is 1.01. The number of carboxylic acid groups (broad SMARTS) is 1. The van der Waals surface area contributed by atoms with Gasteiger partial charge < -0.3 is 5.11 Å². The number of aliphatic carboxylic acids is 1. The molecular weight excluding hydrogens is 332 g/mol. The second-order valence-corrected chi connectivity index (χ2v) is 7.09. The van der Waals surface area contributed by atoms with Crippen LogP contribution in [0.4, 0.5) is 16.2 Å². The van der Waals surface area contributed by atoms with Gasteiger partial charge >= 0.3 is 12.0 Å². The van der Waals surface area contributed by atoms with Crippen LogP contribution in [0.2, 0.25) is 0 Å². The predicted molar refractivity (Wildman–Crippen MR) is 87.7 cm³/mol. The Balaban J connectivity index is 2.24. The molecule has 3 rings (SSSR count). The molecule has 24 heavy (non-hydrogen) atoms. The molecule has 2 aromatic carbocycles. The first-order valence-electron chi connectivity index (χ1n) is 7.06. The molecule has 0 aromatic heterocycles. The Labute approximate surface area is 138 Å². The van der Waals surface area contributed by atoms with Crippen molar-refractivity contribution in [2.24, 2.45) is 0 Å². The summed E-state index contributed by atoms with van der Waals surface area (Å²) >= 11 is 0. The maximum absolute atomic E-state index is 12.9. The molecule has 1 aliphatic rings. The normalized spacial score (nSPS) is 16.0. The SMILES string of the molecule is Cc1cccc(N2C(=O)N(CC(=O)O)c3ccccc3S2(=O)=O)c1. The quantitative estimate of drug-likeness (QED) is 0.919. The number of carbonyl (C=O) groups excluding carboxylic acids is 1. The number of sulfonamides is 1. The first kappa shape index (κ1) is 16.0. The van der Waals surface area contributed by atoms with Gasteiger partial charge in [-0.05, 0) is 36.8 Å². The number of amides is 2. The van der Waals surface area contributed by atoms with Gasteiger partial charge in [-0.15, -0.1) is 0 Å². The lowest BCUT2D eigenvalue weighted by atomic mass is 10.2. The van der Waals surface area contributed by atoms with E-state index in [9.17, 15) is 18.0 Å². The minimum atomic E-state index is -4.12. The average molecular weight is 346 g/mol. The number of anilines is 2. The van der Waals surface area contributed by atoms with Crippen LogP contribution in [0.3, 0.4) is 0 Å². The summed E-state index contributed by atoms with van der Waals surface area (Å²) in [4.78, 5) is 24.7. The molecule has 0 unspecified atom stereocenters. The summed E-state index contributed by atoms with van der Waals surface area (Å²) < 4.78 is 26.4. The summed E-state index contributed by atoms with van der Waals surface area (Å²) in [5.74, 6) is -1.23. The van der Waals surface area contributed by atoms with Crippen molar-refractivity contribution in [2.75, 3.05) is 15.7 Å². The van der Waals surface area contributed by atoms with Gasteiger partial charge in [0.15, 0.2) is 0 Å². The maximum atomic E-state index is 12.9.